The highest BCUT2D eigenvalue weighted by atomic mass is 35.5. The van der Waals surface area contributed by atoms with Gasteiger partial charge in [0.1, 0.15) is 12.6 Å². The minimum Gasteiger partial charge on any atom is -0.480 e. The third-order valence-corrected chi connectivity index (χ3v) is 2.77. The second-order valence-electron chi connectivity index (χ2n) is 3.75. The van der Waals surface area contributed by atoms with E-state index in [1.165, 1.54) is 0 Å². The largest absolute Gasteiger partial charge is 0.480 e. The molecule has 1 aromatic carbocycles. The van der Waals surface area contributed by atoms with E-state index in [1.807, 2.05) is 0 Å². The molecule has 2 N–H and O–H groups in total. The number of carboxylic acids is 1. The van der Waals surface area contributed by atoms with Crippen LogP contribution in [0.4, 0.5) is 4.79 Å². The fourth-order valence-corrected chi connectivity index (χ4v) is 1.81. The summed E-state index contributed by atoms with van der Waals surface area (Å²) < 4.78 is 0. The summed E-state index contributed by atoms with van der Waals surface area (Å²) in [7, 11) is 0. The standard InChI is InChI=1S/C11H9ClN2O4/c12-7-3-1-6(2-4-7)9-10(17)14(5-8(15)16)11(18)13-9/h1-4,9H,5H2,(H,13,18)(H,15,16). The van der Waals surface area contributed by atoms with Gasteiger partial charge >= 0.3 is 12.0 Å². The van der Waals surface area contributed by atoms with Crippen LogP contribution in [0.2, 0.25) is 5.02 Å². The summed E-state index contributed by atoms with van der Waals surface area (Å²) in [6.07, 6.45) is 0. The van der Waals surface area contributed by atoms with Crippen LogP contribution >= 0.6 is 11.6 Å². The number of imide groups is 1. The molecule has 0 bridgehead atoms. The van der Waals surface area contributed by atoms with Crippen molar-refractivity contribution in [2.45, 2.75) is 6.04 Å². The maximum absolute atomic E-state index is 11.9. The van der Waals surface area contributed by atoms with Crippen molar-refractivity contribution in [1.82, 2.24) is 10.2 Å². The third-order valence-electron chi connectivity index (χ3n) is 2.52. The maximum atomic E-state index is 11.9. The van der Waals surface area contributed by atoms with Crippen molar-refractivity contribution in [3.8, 4) is 0 Å². The average Bonchev–Trinajstić information content (AvgIpc) is 2.58. The number of hydrogen-bond donors (Lipinski definition) is 2. The molecule has 0 spiro atoms. The van der Waals surface area contributed by atoms with Gasteiger partial charge in [0.15, 0.2) is 0 Å². The van der Waals surface area contributed by atoms with E-state index in [4.69, 9.17) is 16.7 Å². The number of aliphatic carboxylic acids is 1. The van der Waals surface area contributed by atoms with Crippen molar-refractivity contribution in [2.24, 2.45) is 0 Å². The number of urea groups is 1. The summed E-state index contributed by atoms with van der Waals surface area (Å²) in [6.45, 7) is -0.644. The Balaban J connectivity index is 2.22. The molecule has 6 nitrogen and oxygen atoms in total. The van der Waals surface area contributed by atoms with E-state index < -0.39 is 30.5 Å². The van der Waals surface area contributed by atoms with Crippen LogP contribution < -0.4 is 5.32 Å². The van der Waals surface area contributed by atoms with Gasteiger partial charge in [-0.3, -0.25) is 14.5 Å². The molecule has 1 fully saturated rings. The molecule has 1 saturated heterocycles. The number of amides is 3. The summed E-state index contributed by atoms with van der Waals surface area (Å²) in [4.78, 5) is 34.6. The van der Waals surface area contributed by atoms with Gasteiger partial charge in [-0.05, 0) is 17.7 Å². The van der Waals surface area contributed by atoms with Crippen molar-refractivity contribution < 1.29 is 19.5 Å². The van der Waals surface area contributed by atoms with Crippen molar-refractivity contribution >= 4 is 29.5 Å². The van der Waals surface area contributed by atoms with Crippen LogP contribution in [0, 0.1) is 0 Å². The predicted molar refractivity (Wildman–Crippen MR) is 62.1 cm³/mol. The fourth-order valence-electron chi connectivity index (χ4n) is 1.69. The first-order valence-electron chi connectivity index (χ1n) is 5.08. The number of rotatable bonds is 3. The molecular weight excluding hydrogens is 260 g/mol. The molecule has 94 valence electrons. The second-order valence-corrected chi connectivity index (χ2v) is 4.19. The van der Waals surface area contributed by atoms with E-state index in [0.29, 0.717) is 15.5 Å². The summed E-state index contributed by atoms with van der Waals surface area (Å²) in [5.74, 6) is -1.82. The predicted octanol–water partition coefficient (Wildman–Crippen LogP) is 1.02. The van der Waals surface area contributed by atoms with Crippen LogP contribution in [0.1, 0.15) is 11.6 Å². The lowest BCUT2D eigenvalue weighted by atomic mass is 10.1. The van der Waals surface area contributed by atoms with Gasteiger partial charge < -0.3 is 10.4 Å². The van der Waals surface area contributed by atoms with Gasteiger partial charge in [-0.2, -0.15) is 0 Å². The van der Waals surface area contributed by atoms with Gasteiger partial charge in [-0.1, -0.05) is 23.7 Å². The zero-order chi connectivity index (χ0) is 13.3. The normalized spacial score (nSPS) is 18.9. The molecule has 0 saturated carbocycles. The van der Waals surface area contributed by atoms with Gasteiger partial charge in [-0.15, -0.1) is 0 Å². The molecule has 0 radical (unpaired) electrons. The van der Waals surface area contributed by atoms with Crippen molar-refractivity contribution in [3.63, 3.8) is 0 Å². The highest BCUT2D eigenvalue weighted by Gasteiger charge is 2.39. The summed E-state index contributed by atoms with van der Waals surface area (Å²) in [5, 5.41) is 11.5. The Bertz CT molecular complexity index is 514. The van der Waals surface area contributed by atoms with Gasteiger partial charge in [0.2, 0.25) is 0 Å². The number of carboxylic acid groups (broad SMARTS) is 1. The fraction of sp³-hybridized carbons (Fsp3) is 0.182. The van der Waals surface area contributed by atoms with Crippen molar-refractivity contribution in [3.05, 3.63) is 34.9 Å². The zero-order valence-corrected chi connectivity index (χ0v) is 9.85. The summed E-state index contributed by atoms with van der Waals surface area (Å²) in [6, 6.07) is 4.84. The van der Waals surface area contributed by atoms with Crippen LogP contribution in [0.3, 0.4) is 0 Å². The molecule has 0 aliphatic carbocycles. The van der Waals surface area contributed by atoms with Gasteiger partial charge in [0.25, 0.3) is 5.91 Å². The monoisotopic (exact) mass is 268 g/mol. The third kappa shape index (κ3) is 2.28. The Labute approximate surface area is 107 Å². The molecule has 1 aliphatic heterocycles. The lowest BCUT2D eigenvalue weighted by Crippen LogP contribution is -2.35. The first-order chi connectivity index (χ1) is 8.49. The molecule has 1 heterocycles. The lowest BCUT2D eigenvalue weighted by molar-refractivity contribution is -0.141. The van der Waals surface area contributed by atoms with E-state index in [2.05, 4.69) is 5.32 Å². The van der Waals surface area contributed by atoms with E-state index in [1.54, 1.807) is 24.3 Å². The number of hydrogen-bond acceptors (Lipinski definition) is 3. The highest BCUT2D eigenvalue weighted by molar-refractivity contribution is 6.30. The first-order valence-corrected chi connectivity index (χ1v) is 5.46. The summed E-state index contributed by atoms with van der Waals surface area (Å²) in [5.41, 5.74) is 0.561. The van der Waals surface area contributed by atoms with Crippen LogP contribution in [0.25, 0.3) is 0 Å². The minimum absolute atomic E-state index is 0.512. The number of carbonyl (C=O) groups is 3. The van der Waals surface area contributed by atoms with Crippen molar-refractivity contribution in [2.75, 3.05) is 6.54 Å². The molecular formula is C11H9ClN2O4. The van der Waals surface area contributed by atoms with E-state index in [9.17, 15) is 14.4 Å². The molecule has 1 aromatic rings. The Kier molecular flexibility index (Phi) is 3.20. The molecule has 0 aromatic heterocycles. The lowest BCUT2D eigenvalue weighted by Gasteiger charge is -2.10. The van der Waals surface area contributed by atoms with Crippen molar-refractivity contribution in [1.29, 1.82) is 0 Å². The van der Waals surface area contributed by atoms with Gasteiger partial charge in [0, 0.05) is 5.02 Å². The Morgan fingerprint density at radius 2 is 1.94 bits per heavy atom. The quantitative estimate of drug-likeness (QED) is 0.801. The van der Waals surface area contributed by atoms with Gasteiger partial charge in [0.05, 0.1) is 0 Å². The smallest absolute Gasteiger partial charge is 0.325 e. The number of nitrogens with zero attached hydrogens (tertiary/aromatic N) is 1. The van der Waals surface area contributed by atoms with Crippen LogP contribution in [0.5, 0.6) is 0 Å². The number of nitrogens with one attached hydrogen (secondary N) is 1. The SMILES string of the molecule is O=C(O)CN1C(=O)NC(c2ccc(Cl)cc2)C1=O. The van der Waals surface area contributed by atoms with Crippen LogP contribution in [-0.4, -0.2) is 34.5 Å². The first kappa shape index (κ1) is 12.4. The Morgan fingerprint density at radius 3 is 2.50 bits per heavy atom. The molecule has 1 unspecified atom stereocenters. The Morgan fingerprint density at radius 1 is 1.33 bits per heavy atom. The maximum Gasteiger partial charge on any atom is 0.325 e. The van der Waals surface area contributed by atoms with E-state index in [0.717, 1.165) is 0 Å². The topological polar surface area (TPSA) is 86.7 Å². The average molecular weight is 269 g/mol. The highest BCUT2D eigenvalue weighted by Crippen LogP contribution is 2.23. The molecule has 18 heavy (non-hydrogen) atoms. The van der Waals surface area contributed by atoms with E-state index >= 15 is 0 Å². The molecule has 1 aliphatic rings. The molecule has 7 heteroatoms. The number of benzene rings is 1. The van der Waals surface area contributed by atoms with Crippen LogP contribution in [-0.2, 0) is 9.59 Å². The van der Waals surface area contributed by atoms with Gasteiger partial charge in [-0.25, -0.2) is 4.79 Å². The Hall–Kier alpha value is -2.08. The molecule has 3 amide bonds. The number of carbonyl (C=O) groups excluding carboxylic acids is 2. The number of halogens is 1. The van der Waals surface area contributed by atoms with Crippen LogP contribution in [0.15, 0.2) is 24.3 Å². The van der Waals surface area contributed by atoms with E-state index in [-0.39, 0.29) is 0 Å². The molecule has 1 atom stereocenters. The molecule has 2 rings (SSSR count). The summed E-state index contributed by atoms with van der Waals surface area (Å²) >= 11 is 5.72. The second kappa shape index (κ2) is 4.66. The zero-order valence-electron chi connectivity index (χ0n) is 9.09. The minimum atomic E-state index is -1.24.